The Balaban J connectivity index is 1.32. The third-order valence-corrected chi connectivity index (χ3v) is 5.02. The Bertz CT molecular complexity index is 1040. The van der Waals surface area contributed by atoms with Crippen LogP contribution < -0.4 is 14.8 Å². The molecule has 2 aromatic heterocycles. The largest absolute Gasteiger partial charge is 0.491 e. The molecule has 1 unspecified atom stereocenters. The van der Waals surface area contributed by atoms with Crippen LogP contribution in [0.1, 0.15) is 24.1 Å². The molecule has 1 amide bonds. The van der Waals surface area contributed by atoms with Crippen LogP contribution in [0.2, 0.25) is 0 Å². The van der Waals surface area contributed by atoms with Crippen LogP contribution in [-0.4, -0.2) is 46.6 Å². The zero-order valence-corrected chi connectivity index (χ0v) is 17.5. The Kier molecular flexibility index (Phi) is 5.85. The van der Waals surface area contributed by atoms with Crippen molar-refractivity contribution >= 4 is 22.6 Å². The number of amides is 1. The molecule has 1 N–H and O–H groups in total. The van der Waals surface area contributed by atoms with Gasteiger partial charge in [0.15, 0.2) is 12.3 Å². The van der Waals surface area contributed by atoms with Gasteiger partial charge in [0, 0.05) is 25.0 Å². The summed E-state index contributed by atoms with van der Waals surface area (Å²) in [6, 6.07) is 9.23. The molecule has 30 heavy (non-hydrogen) atoms. The Morgan fingerprint density at radius 1 is 1.27 bits per heavy atom. The minimum atomic E-state index is -0.264. The first-order valence-corrected chi connectivity index (χ1v) is 10.1. The molecule has 3 aromatic rings. The predicted octanol–water partition coefficient (Wildman–Crippen LogP) is 3.16. The molecule has 1 fully saturated rings. The minimum absolute atomic E-state index is 0.142. The molecule has 8 heteroatoms. The highest BCUT2D eigenvalue weighted by molar-refractivity contribution is 5.92. The van der Waals surface area contributed by atoms with Gasteiger partial charge >= 0.3 is 0 Å². The van der Waals surface area contributed by atoms with Crippen LogP contribution in [0.4, 0.5) is 5.69 Å². The maximum Gasteiger partial charge on any atom is 0.262 e. The highest BCUT2D eigenvalue weighted by Gasteiger charge is 2.17. The van der Waals surface area contributed by atoms with Gasteiger partial charge in [-0.05, 0) is 62.6 Å². The monoisotopic (exact) mass is 410 g/mol. The Labute approximate surface area is 175 Å². The van der Waals surface area contributed by atoms with Gasteiger partial charge in [0.2, 0.25) is 5.88 Å². The first-order valence-electron chi connectivity index (χ1n) is 10.1. The molecule has 8 nitrogen and oxygen atoms in total. The van der Waals surface area contributed by atoms with Crippen molar-refractivity contribution in [1.82, 2.24) is 14.8 Å². The molecule has 1 aliphatic rings. The van der Waals surface area contributed by atoms with E-state index in [2.05, 4.69) is 15.4 Å². The molecule has 4 rings (SSSR count). The summed E-state index contributed by atoms with van der Waals surface area (Å²) >= 11 is 0. The van der Waals surface area contributed by atoms with Crippen molar-refractivity contribution in [1.29, 1.82) is 0 Å². The van der Waals surface area contributed by atoms with Crippen molar-refractivity contribution in [3.63, 3.8) is 0 Å². The number of pyridine rings is 1. The number of carbonyl (C=O) groups is 1. The number of fused-ring (bicyclic) bond motifs is 1. The molecule has 1 aliphatic heterocycles. The smallest absolute Gasteiger partial charge is 0.262 e. The zero-order valence-electron chi connectivity index (χ0n) is 17.5. The first-order chi connectivity index (χ1) is 14.5. The molecule has 0 spiro atoms. The van der Waals surface area contributed by atoms with Crippen molar-refractivity contribution in [2.24, 2.45) is 7.05 Å². The number of aryl methyl sites for hydroxylation is 3. The van der Waals surface area contributed by atoms with Gasteiger partial charge in [-0.2, -0.15) is 0 Å². The first kappa shape index (κ1) is 20.2. The highest BCUT2D eigenvalue weighted by atomic mass is 16.5. The number of hydrogen-bond donors (Lipinski definition) is 1. The third-order valence-electron chi connectivity index (χ3n) is 5.02. The summed E-state index contributed by atoms with van der Waals surface area (Å²) in [6.45, 7) is 5.13. The molecule has 1 aromatic carbocycles. The van der Waals surface area contributed by atoms with Crippen LogP contribution in [0.25, 0.3) is 11.0 Å². The van der Waals surface area contributed by atoms with E-state index in [0.717, 1.165) is 47.5 Å². The fourth-order valence-corrected chi connectivity index (χ4v) is 3.58. The lowest BCUT2D eigenvalue weighted by atomic mass is 10.2. The van der Waals surface area contributed by atoms with Crippen LogP contribution in [0.3, 0.4) is 0 Å². The van der Waals surface area contributed by atoms with E-state index in [1.807, 2.05) is 39.1 Å². The molecule has 1 atom stereocenters. The molecule has 0 bridgehead atoms. The number of aromatic nitrogens is 3. The quantitative estimate of drug-likeness (QED) is 0.644. The summed E-state index contributed by atoms with van der Waals surface area (Å²) < 4.78 is 18.6. The van der Waals surface area contributed by atoms with Crippen LogP contribution in [-0.2, 0) is 16.6 Å². The number of nitrogens with one attached hydrogen (secondary N) is 1. The summed E-state index contributed by atoms with van der Waals surface area (Å²) in [7, 11) is 1.81. The number of rotatable bonds is 7. The van der Waals surface area contributed by atoms with Crippen molar-refractivity contribution in [3.05, 3.63) is 41.6 Å². The van der Waals surface area contributed by atoms with E-state index in [1.165, 1.54) is 0 Å². The lowest BCUT2D eigenvalue weighted by molar-refractivity contribution is -0.118. The standard InChI is InChI=1S/C22H26N4O4/c1-14-11-15(2)23-21-20(14)22(25-26(21)3)30-13-19(27)24-16-6-8-17(9-7-16)29-12-18-5-4-10-28-18/h6-9,11,18H,4-5,10,12-13H2,1-3H3,(H,24,27). The average molecular weight is 410 g/mol. The topological polar surface area (TPSA) is 87.5 Å². The molecule has 3 heterocycles. The lowest BCUT2D eigenvalue weighted by Crippen LogP contribution is -2.20. The summed E-state index contributed by atoms with van der Waals surface area (Å²) in [4.78, 5) is 16.8. The number of anilines is 1. The second-order valence-corrected chi connectivity index (χ2v) is 7.52. The summed E-state index contributed by atoms with van der Waals surface area (Å²) in [5.74, 6) is 0.892. The third kappa shape index (κ3) is 4.54. The lowest BCUT2D eigenvalue weighted by Gasteiger charge is -2.12. The fraction of sp³-hybridized carbons (Fsp3) is 0.409. The van der Waals surface area contributed by atoms with Gasteiger partial charge < -0.3 is 19.5 Å². The van der Waals surface area contributed by atoms with E-state index in [1.54, 1.807) is 16.8 Å². The van der Waals surface area contributed by atoms with Crippen LogP contribution in [0.5, 0.6) is 11.6 Å². The van der Waals surface area contributed by atoms with Gasteiger partial charge in [-0.25, -0.2) is 9.67 Å². The molecular weight excluding hydrogens is 384 g/mol. The number of carbonyl (C=O) groups excluding carboxylic acids is 1. The van der Waals surface area contributed by atoms with Gasteiger partial charge in [0.05, 0.1) is 11.5 Å². The second kappa shape index (κ2) is 8.71. The highest BCUT2D eigenvalue weighted by Crippen LogP contribution is 2.27. The fourth-order valence-electron chi connectivity index (χ4n) is 3.58. The molecule has 158 valence electrons. The predicted molar refractivity (Wildman–Crippen MR) is 113 cm³/mol. The number of benzene rings is 1. The maximum absolute atomic E-state index is 12.3. The van der Waals surface area contributed by atoms with Crippen LogP contribution >= 0.6 is 0 Å². The summed E-state index contributed by atoms with van der Waals surface area (Å²) in [5, 5.41) is 8.00. The van der Waals surface area contributed by atoms with Crippen molar-refractivity contribution in [3.8, 4) is 11.6 Å². The average Bonchev–Trinajstić information content (AvgIpc) is 3.34. The van der Waals surface area contributed by atoms with E-state index >= 15 is 0 Å². The van der Waals surface area contributed by atoms with E-state index in [-0.39, 0.29) is 18.6 Å². The summed E-state index contributed by atoms with van der Waals surface area (Å²) in [6.07, 6.45) is 2.30. The molecule has 0 radical (unpaired) electrons. The van der Waals surface area contributed by atoms with E-state index < -0.39 is 0 Å². The van der Waals surface area contributed by atoms with Crippen LogP contribution in [0, 0.1) is 13.8 Å². The van der Waals surface area contributed by atoms with E-state index in [0.29, 0.717) is 18.2 Å². The molecule has 0 aliphatic carbocycles. The molecule has 0 saturated carbocycles. The van der Waals surface area contributed by atoms with Gasteiger partial charge in [-0.1, -0.05) is 0 Å². The molecule has 1 saturated heterocycles. The van der Waals surface area contributed by atoms with Gasteiger partial charge in [0.25, 0.3) is 5.91 Å². The zero-order chi connectivity index (χ0) is 21.1. The Morgan fingerprint density at radius 3 is 2.80 bits per heavy atom. The van der Waals surface area contributed by atoms with E-state index in [4.69, 9.17) is 14.2 Å². The minimum Gasteiger partial charge on any atom is -0.491 e. The van der Waals surface area contributed by atoms with Crippen molar-refractivity contribution in [2.75, 3.05) is 25.1 Å². The Hall–Kier alpha value is -3.13. The normalized spacial score (nSPS) is 16.0. The number of hydrogen-bond acceptors (Lipinski definition) is 6. The van der Waals surface area contributed by atoms with Gasteiger partial charge in [0.1, 0.15) is 12.4 Å². The van der Waals surface area contributed by atoms with Crippen molar-refractivity contribution in [2.45, 2.75) is 32.8 Å². The second-order valence-electron chi connectivity index (χ2n) is 7.52. The van der Waals surface area contributed by atoms with E-state index in [9.17, 15) is 4.79 Å². The number of nitrogens with zero attached hydrogens (tertiary/aromatic N) is 3. The van der Waals surface area contributed by atoms with Gasteiger partial charge in [-0.3, -0.25) is 4.79 Å². The summed E-state index contributed by atoms with van der Waals surface area (Å²) in [5.41, 5.74) is 3.34. The van der Waals surface area contributed by atoms with Crippen LogP contribution in [0.15, 0.2) is 30.3 Å². The number of ether oxygens (including phenoxy) is 3. The SMILES string of the molecule is Cc1cc(C)c2c(OCC(=O)Nc3ccc(OCC4CCCO4)cc3)nn(C)c2n1. The Morgan fingerprint density at radius 2 is 2.07 bits per heavy atom. The maximum atomic E-state index is 12.3. The van der Waals surface area contributed by atoms with Gasteiger partial charge in [-0.15, -0.1) is 5.10 Å². The molecular formula is C22H26N4O4. The van der Waals surface area contributed by atoms with Crippen molar-refractivity contribution < 1.29 is 19.0 Å².